The molecule has 2 aromatic heterocycles. The quantitative estimate of drug-likeness (QED) is 0.871. The first-order valence-electron chi connectivity index (χ1n) is 6.23. The van der Waals surface area contributed by atoms with E-state index in [2.05, 4.69) is 34.3 Å². The fraction of sp³-hybridized carbons (Fsp3) is 0.583. The van der Waals surface area contributed by atoms with Gasteiger partial charge in [-0.3, -0.25) is 0 Å². The highest BCUT2D eigenvalue weighted by Gasteiger charge is 2.17. The molecule has 2 rings (SSSR count). The topological polar surface area (TPSA) is 63.8 Å². The van der Waals surface area contributed by atoms with Crippen molar-refractivity contribution in [1.29, 1.82) is 0 Å². The zero-order valence-electron chi connectivity index (χ0n) is 10.9. The smallest absolute Gasteiger partial charge is 0.267 e. The van der Waals surface area contributed by atoms with E-state index in [1.807, 2.05) is 12.3 Å². The van der Waals surface area contributed by atoms with Crippen LogP contribution < -0.4 is 5.32 Å². The first kappa shape index (κ1) is 13.2. The summed E-state index contributed by atoms with van der Waals surface area (Å²) in [7, 11) is 0. The van der Waals surface area contributed by atoms with E-state index in [-0.39, 0.29) is 6.04 Å². The summed E-state index contributed by atoms with van der Waals surface area (Å²) in [6.07, 6.45) is 2.01. The van der Waals surface area contributed by atoms with Gasteiger partial charge in [0, 0.05) is 5.38 Å². The van der Waals surface area contributed by atoms with Gasteiger partial charge in [0.1, 0.15) is 5.69 Å². The highest BCUT2D eigenvalue weighted by Crippen LogP contribution is 2.23. The van der Waals surface area contributed by atoms with Crippen LogP contribution in [-0.4, -0.2) is 21.7 Å². The number of thiazole rings is 1. The highest BCUT2D eigenvalue weighted by atomic mass is 32.1. The van der Waals surface area contributed by atoms with Crippen molar-refractivity contribution in [2.75, 3.05) is 6.54 Å². The second-order valence-corrected chi connectivity index (χ2v) is 5.17. The van der Waals surface area contributed by atoms with Crippen LogP contribution in [-0.2, 0) is 0 Å². The van der Waals surface area contributed by atoms with Crippen LogP contribution in [0, 0.1) is 6.92 Å². The Morgan fingerprint density at radius 1 is 1.39 bits per heavy atom. The lowest BCUT2D eigenvalue weighted by atomic mass is 10.2. The van der Waals surface area contributed by atoms with E-state index in [0.717, 1.165) is 30.1 Å². The fourth-order valence-corrected chi connectivity index (χ4v) is 2.25. The Kier molecular flexibility index (Phi) is 4.43. The van der Waals surface area contributed by atoms with Gasteiger partial charge in [0.25, 0.3) is 5.89 Å². The van der Waals surface area contributed by atoms with Gasteiger partial charge >= 0.3 is 0 Å². The van der Waals surface area contributed by atoms with Crippen LogP contribution >= 0.6 is 11.3 Å². The molecule has 2 aromatic rings. The molecule has 2 heterocycles. The number of aryl methyl sites for hydroxylation is 1. The third-order valence-electron chi connectivity index (χ3n) is 2.63. The van der Waals surface area contributed by atoms with Crippen molar-refractivity contribution in [3.63, 3.8) is 0 Å². The summed E-state index contributed by atoms with van der Waals surface area (Å²) in [5.74, 6) is 1.15. The van der Waals surface area contributed by atoms with E-state index in [9.17, 15) is 0 Å². The summed E-state index contributed by atoms with van der Waals surface area (Å²) < 4.78 is 5.69. The molecule has 0 radical (unpaired) electrons. The van der Waals surface area contributed by atoms with E-state index in [0.29, 0.717) is 11.8 Å². The maximum absolute atomic E-state index is 5.69. The van der Waals surface area contributed by atoms with Gasteiger partial charge in [0.15, 0.2) is 0 Å². The number of rotatable bonds is 6. The average Bonchev–Trinajstić information content (AvgIpc) is 2.99. The molecule has 0 saturated heterocycles. The van der Waals surface area contributed by atoms with Crippen molar-refractivity contribution in [2.24, 2.45) is 0 Å². The lowest BCUT2D eigenvalue weighted by Gasteiger charge is -2.11. The number of nitrogens with zero attached hydrogens (tertiary/aromatic N) is 3. The van der Waals surface area contributed by atoms with Crippen LogP contribution in [0.4, 0.5) is 0 Å². The maximum Gasteiger partial charge on any atom is 0.267 e. The Labute approximate surface area is 111 Å². The van der Waals surface area contributed by atoms with Crippen molar-refractivity contribution < 1.29 is 4.42 Å². The Bertz CT molecular complexity index is 494. The van der Waals surface area contributed by atoms with Gasteiger partial charge in [0.2, 0.25) is 5.89 Å². The molecule has 0 aliphatic carbocycles. The minimum atomic E-state index is 0.130. The van der Waals surface area contributed by atoms with Gasteiger partial charge in [-0.15, -0.1) is 21.5 Å². The van der Waals surface area contributed by atoms with Crippen LogP contribution in [0.5, 0.6) is 0 Å². The second-order valence-electron chi connectivity index (χ2n) is 4.11. The molecule has 1 N–H and O–H groups in total. The van der Waals surface area contributed by atoms with E-state index in [1.54, 1.807) is 11.3 Å². The van der Waals surface area contributed by atoms with Crippen LogP contribution in [0.15, 0.2) is 9.80 Å². The molecule has 0 bridgehead atoms. The van der Waals surface area contributed by atoms with Crippen LogP contribution in [0.25, 0.3) is 11.6 Å². The first-order valence-corrected chi connectivity index (χ1v) is 7.11. The third kappa shape index (κ3) is 2.94. The summed E-state index contributed by atoms with van der Waals surface area (Å²) in [5.41, 5.74) is 0.765. The summed E-state index contributed by atoms with van der Waals surface area (Å²) in [6.45, 7) is 7.15. The number of nitrogens with one attached hydrogen (secondary N) is 1. The summed E-state index contributed by atoms with van der Waals surface area (Å²) in [4.78, 5) is 4.34. The predicted octanol–water partition coefficient (Wildman–Crippen LogP) is 2.95. The Morgan fingerprint density at radius 3 is 2.83 bits per heavy atom. The maximum atomic E-state index is 5.69. The molecule has 1 atom stereocenters. The minimum absolute atomic E-state index is 0.130. The van der Waals surface area contributed by atoms with Crippen LogP contribution in [0.1, 0.15) is 43.6 Å². The summed E-state index contributed by atoms with van der Waals surface area (Å²) in [6, 6.07) is 0.130. The molecule has 5 nitrogen and oxygen atoms in total. The van der Waals surface area contributed by atoms with Gasteiger partial charge in [-0.05, 0) is 26.3 Å². The van der Waals surface area contributed by atoms with E-state index in [4.69, 9.17) is 4.42 Å². The fourth-order valence-electron chi connectivity index (χ4n) is 1.67. The molecular weight excluding hydrogens is 248 g/mol. The highest BCUT2D eigenvalue weighted by molar-refractivity contribution is 7.09. The molecular formula is C12H18N4OS. The van der Waals surface area contributed by atoms with Gasteiger partial charge in [0.05, 0.1) is 11.0 Å². The Morgan fingerprint density at radius 2 is 2.22 bits per heavy atom. The molecule has 0 fully saturated rings. The number of aromatic nitrogens is 3. The Hall–Kier alpha value is -1.27. The average molecular weight is 266 g/mol. The van der Waals surface area contributed by atoms with Crippen LogP contribution in [0.2, 0.25) is 0 Å². The first-order chi connectivity index (χ1) is 8.74. The molecule has 0 saturated carbocycles. The van der Waals surface area contributed by atoms with Gasteiger partial charge in [-0.1, -0.05) is 13.8 Å². The van der Waals surface area contributed by atoms with Gasteiger partial charge < -0.3 is 9.73 Å². The second kappa shape index (κ2) is 6.06. The molecule has 98 valence electrons. The van der Waals surface area contributed by atoms with E-state index >= 15 is 0 Å². The monoisotopic (exact) mass is 266 g/mol. The predicted molar refractivity (Wildman–Crippen MR) is 71.5 cm³/mol. The van der Waals surface area contributed by atoms with Crippen LogP contribution in [0.3, 0.4) is 0 Å². The summed E-state index contributed by atoms with van der Waals surface area (Å²) >= 11 is 1.58. The van der Waals surface area contributed by atoms with Crippen molar-refractivity contribution >= 4 is 11.3 Å². The molecule has 0 aromatic carbocycles. The summed E-state index contributed by atoms with van der Waals surface area (Å²) in [5, 5.41) is 14.5. The Balaban J connectivity index is 2.13. The lowest BCUT2D eigenvalue weighted by molar-refractivity contribution is 0.396. The van der Waals surface area contributed by atoms with E-state index < -0.39 is 0 Å². The molecule has 0 spiro atoms. The number of hydrogen-bond donors (Lipinski definition) is 1. The van der Waals surface area contributed by atoms with Crippen molar-refractivity contribution in [3.05, 3.63) is 16.3 Å². The zero-order chi connectivity index (χ0) is 13.0. The molecule has 6 heteroatoms. The molecule has 0 aliphatic rings. The standard InChI is InChI=1S/C12H18N4OS/c1-4-6-13-9(5-2)11-15-16-12(17-11)10-7-18-8(3)14-10/h7,9,13H,4-6H2,1-3H3. The molecule has 0 amide bonds. The normalized spacial score (nSPS) is 12.8. The SMILES string of the molecule is CCCNC(CC)c1nnc(-c2csc(C)n2)o1. The van der Waals surface area contributed by atoms with Crippen molar-refractivity contribution in [2.45, 2.75) is 39.7 Å². The zero-order valence-corrected chi connectivity index (χ0v) is 11.8. The number of hydrogen-bond acceptors (Lipinski definition) is 6. The minimum Gasteiger partial charge on any atom is -0.418 e. The van der Waals surface area contributed by atoms with E-state index in [1.165, 1.54) is 0 Å². The molecule has 1 unspecified atom stereocenters. The van der Waals surface area contributed by atoms with Crippen molar-refractivity contribution in [1.82, 2.24) is 20.5 Å². The largest absolute Gasteiger partial charge is 0.418 e. The molecule has 18 heavy (non-hydrogen) atoms. The molecule has 0 aliphatic heterocycles. The van der Waals surface area contributed by atoms with Gasteiger partial charge in [-0.25, -0.2) is 4.98 Å². The van der Waals surface area contributed by atoms with Crippen molar-refractivity contribution in [3.8, 4) is 11.6 Å². The lowest BCUT2D eigenvalue weighted by Crippen LogP contribution is -2.21. The van der Waals surface area contributed by atoms with Gasteiger partial charge in [-0.2, -0.15) is 0 Å². The third-order valence-corrected chi connectivity index (χ3v) is 3.40.